The Labute approximate surface area is 93.9 Å². The lowest BCUT2D eigenvalue weighted by Gasteiger charge is -2.28. The van der Waals surface area contributed by atoms with Crippen LogP contribution in [0.5, 0.6) is 0 Å². The average Bonchev–Trinajstić information content (AvgIpc) is 2.55. The maximum absolute atomic E-state index is 11.5. The summed E-state index contributed by atoms with van der Waals surface area (Å²) in [7, 11) is 0. The van der Waals surface area contributed by atoms with Crippen molar-refractivity contribution in [1.29, 1.82) is 5.26 Å². The van der Waals surface area contributed by atoms with Crippen LogP contribution in [-0.2, 0) is 14.3 Å². The number of hydrogen-bond acceptors (Lipinski definition) is 4. The Bertz CT molecular complexity index is 337. The van der Waals surface area contributed by atoms with Gasteiger partial charge < -0.3 is 15.4 Å². The largest absolute Gasteiger partial charge is 0.376 e. The topological polar surface area (TPSA) is 91.2 Å². The molecule has 6 heteroatoms. The second-order valence-electron chi connectivity index (χ2n) is 3.98. The molecule has 2 amide bonds. The second-order valence-corrected chi connectivity index (χ2v) is 3.98. The highest BCUT2D eigenvalue weighted by atomic mass is 16.5. The molecule has 2 N–H and O–H groups in total. The molecule has 0 saturated carbocycles. The number of amides is 2. The molecule has 0 aromatic carbocycles. The van der Waals surface area contributed by atoms with E-state index in [9.17, 15) is 9.59 Å². The van der Waals surface area contributed by atoms with E-state index in [0.717, 1.165) is 0 Å². The number of hydrogen-bond donors (Lipinski definition) is 2. The first-order valence-electron chi connectivity index (χ1n) is 5.08. The second kappa shape index (κ2) is 4.94. The normalized spacial score (nSPS) is 28.2. The maximum atomic E-state index is 11.5. The lowest BCUT2D eigenvalue weighted by molar-refractivity contribution is -0.140. The summed E-state index contributed by atoms with van der Waals surface area (Å²) in [4.78, 5) is 22.7. The third-order valence-corrected chi connectivity index (χ3v) is 2.82. The molecule has 1 aliphatic rings. The molecule has 88 valence electrons. The molecular weight excluding hydrogens is 210 g/mol. The molecule has 2 atom stereocenters. The third-order valence-electron chi connectivity index (χ3n) is 2.82. The number of nitriles is 1. The summed E-state index contributed by atoms with van der Waals surface area (Å²) in [6, 6.07) is 1.73. The Kier molecular flexibility index (Phi) is 3.85. The first-order valence-corrected chi connectivity index (χ1v) is 5.08. The standard InChI is InChI=1S/C10H15N3O3/c1-7-10(2,3-6-16-7)13-9(15)8(14)12-5-4-11/h7H,3,5-6H2,1-2H3,(H,12,14)(H,13,15). The highest BCUT2D eigenvalue weighted by Gasteiger charge is 2.39. The van der Waals surface area contributed by atoms with E-state index in [1.54, 1.807) is 6.07 Å². The number of rotatable bonds is 2. The van der Waals surface area contributed by atoms with Crippen LogP contribution in [-0.4, -0.2) is 36.6 Å². The zero-order chi connectivity index (χ0) is 12.2. The lowest BCUT2D eigenvalue weighted by Crippen LogP contribution is -2.54. The molecular formula is C10H15N3O3. The predicted molar refractivity (Wildman–Crippen MR) is 55.2 cm³/mol. The summed E-state index contributed by atoms with van der Waals surface area (Å²) >= 11 is 0. The summed E-state index contributed by atoms with van der Waals surface area (Å²) in [5.41, 5.74) is -0.513. The Balaban J connectivity index is 2.51. The van der Waals surface area contributed by atoms with E-state index in [1.807, 2.05) is 13.8 Å². The van der Waals surface area contributed by atoms with Crippen molar-refractivity contribution in [2.24, 2.45) is 0 Å². The molecule has 0 radical (unpaired) electrons. The SMILES string of the molecule is CC1OCCC1(C)NC(=O)C(=O)NCC#N. The van der Waals surface area contributed by atoms with Crippen LogP contribution in [0.2, 0.25) is 0 Å². The van der Waals surface area contributed by atoms with Crippen molar-refractivity contribution in [3.05, 3.63) is 0 Å². The summed E-state index contributed by atoms with van der Waals surface area (Å²) in [5.74, 6) is -1.52. The lowest BCUT2D eigenvalue weighted by atomic mass is 9.94. The van der Waals surface area contributed by atoms with Crippen molar-refractivity contribution in [3.63, 3.8) is 0 Å². The van der Waals surface area contributed by atoms with Gasteiger partial charge in [0.05, 0.1) is 17.7 Å². The molecule has 0 aromatic heterocycles. The number of nitrogens with zero attached hydrogens (tertiary/aromatic N) is 1. The molecule has 1 rings (SSSR count). The van der Waals surface area contributed by atoms with Crippen molar-refractivity contribution in [1.82, 2.24) is 10.6 Å². The number of ether oxygens (including phenoxy) is 1. The summed E-state index contributed by atoms with van der Waals surface area (Å²) in [6.07, 6.45) is 0.547. The zero-order valence-corrected chi connectivity index (χ0v) is 9.37. The number of carbonyl (C=O) groups is 2. The van der Waals surface area contributed by atoms with Gasteiger partial charge in [-0.3, -0.25) is 9.59 Å². The fraction of sp³-hybridized carbons (Fsp3) is 0.700. The van der Waals surface area contributed by atoms with Crippen LogP contribution in [0, 0.1) is 11.3 Å². The van der Waals surface area contributed by atoms with Crippen LogP contribution in [0.4, 0.5) is 0 Å². The molecule has 0 aliphatic carbocycles. The molecule has 6 nitrogen and oxygen atoms in total. The highest BCUT2D eigenvalue weighted by molar-refractivity contribution is 6.35. The summed E-state index contributed by atoms with van der Waals surface area (Å²) in [5, 5.41) is 13.1. The summed E-state index contributed by atoms with van der Waals surface area (Å²) < 4.78 is 5.33. The van der Waals surface area contributed by atoms with Crippen molar-refractivity contribution >= 4 is 11.8 Å². The molecule has 0 spiro atoms. The van der Waals surface area contributed by atoms with Crippen molar-refractivity contribution in [2.45, 2.75) is 31.9 Å². The quantitative estimate of drug-likeness (QED) is 0.480. The van der Waals surface area contributed by atoms with Crippen LogP contribution in [0.3, 0.4) is 0 Å². The van der Waals surface area contributed by atoms with Crippen LogP contribution in [0.15, 0.2) is 0 Å². The van der Waals surface area contributed by atoms with Gasteiger partial charge in [0.15, 0.2) is 0 Å². The molecule has 16 heavy (non-hydrogen) atoms. The first-order chi connectivity index (χ1) is 7.49. The van der Waals surface area contributed by atoms with Crippen LogP contribution in [0.25, 0.3) is 0 Å². The smallest absolute Gasteiger partial charge is 0.310 e. The van der Waals surface area contributed by atoms with Gasteiger partial charge in [0.1, 0.15) is 6.54 Å². The third kappa shape index (κ3) is 2.70. The molecule has 2 unspecified atom stereocenters. The Morgan fingerprint density at radius 1 is 1.56 bits per heavy atom. The Hall–Kier alpha value is -1.61. The molecule has 1 aliphatic heterocycles. The number of carbonyl (C=O) groups excluding carboxylic acids is 2. The van der Waals surface area contributed by atoms with Crippen LogP contribution in [0.1, 0.15) is 20.3 Å². The van der Waals surface area contributed by atoms with E-state index >= 15 is 0 Å². The Morgan fingerprint density at radius 3 is 2.75 bits per heavy atom. The Morgan fingerprint density at radius 2 is 2.25 bits per heavy atom. The van der Waals surface area contributed by atoms with Crippen LogP contribution >= 0.6 is 0 Å². The maximum Gasteiger partial charge on any atom is 0.310 e. The van der Waals surface area contributed by atoms with Gasteiger partial charge in [-0.05, 0) is 20.3 Å². The molecule has 1 saturated heterocycles. The van der Waals surface area contributed by atoms with E-state index in [4.69, 9.17) is 10.00 Å². The van der Waals surface area contributed by atoms with Gasteiger partial charge in [0.2, 0.25) is 0 Å². The van der Waals surface area contributed by atoms with Gasteiger partial charge in [-0.2, -0.15) is 5.26 Å². The van der Waals surface area contributed by atoms with E-state index in [0.29, 0.717) is 13.0 Å². The van der Waals surface area contributed by atoms with Crippen molar-refractivity contribution in [3.8, 4) is 6.07 Å². The van der Waals surface area contributed by atoms with Crippen LogP contribution < -0.4 is 10.6 Å². The van der Waals surface area contributed by atoms with Gasteiger partial charge >= 0.3 is 11.8 Å². The zero-order valence-electron chi connectivity index (χ0n) is 9.37. The van der Waals surface area contributed by atoms with Crippen molar-refractivity contribution < 1.29 is 14.3 Å². The minimum atomic E-state index is -0.790. The van der Waals surface area contributed by atoms with E-state index in [-0.39, 0.29) is 12.6 Å². The van der Waals surface area contributed by atoms with E-state index in [2.05, 4.69) is 10.6 Å². The molecule has 0 aromatic rings. The van der Waals surface area contributed by atoms with Gasteiger partial charge in [0.25, 0.3) is 0 Å². The van der Waals surface area contributed by atoms with Gasteiger partial charge in [-0.15, -0.1) is 0 Å². The number of nitrogens with one attached hydrogen (secondary N) is 2. The van der Waals surface area contributed by atoms with E-state index in [1.165, 1.54) is 0 Å². The van der Waals surface area contributed by atoms with Gasteiger partial charge in [0, 0.05) is 6.61 Å². The van der Waals surface area contributed by atoms with Gasteiger partial charge in [-0.1, -0.05) is 0 Å². The first kappa shape index (κ1) is 12.5. The monoisotopic (exact) mass is 225 g/mol. The predicted octanol–water partition coefficient (Wildman–Crippen LogP) is -0.690. The van der Waals surface area contributed by atoms with Crippen molar-refractivity contribution in [2.75, 3.05) is 13.2 Å². The summed E-state index contributed by atoms with van der Waals surface area (Å²) in [6.45, 7) is 4.08. The minimum Gasteiger partial charge on any atom is -0.376 e. The molecule has 1 fully saturated rings. The molecule has 1 heterocycles. The fourth-order valence-corrected chi connectivity index (χ4v) is 1.52. The average molecular weight is 225 g/mol. The van der Waals surface area contributed by atoms with Gasteiger partial charge in [-0.25, -0.2) is 0 Å². The fourth-order valence-electron chi connectivity index (χ4n) is 1.52. The minimum absolute atomic E-state index is 0.125. The van der Waals surface area contributed by atoms with E-state index < -0.39 is 17.4 Å². The molecule has 0 bridgehead atoms. The highest BCUT2D eigenvalue weighted by Crippen LogP contribution is 2.24.